The van der Waals surface area contributed by atoms with Crippen LogP contribution >= 0.6 is 0 Å². The lowest BCUT2D eigenvalue weighted by Gasteiger charge is -2.50. The maximum absolute atomic E-state index is 13.5. The number of amides is 1. The molecule has 0 unspecified atom stereocenters. The molecule has 21 rings (SSSR count). The van der Waals surface area contributed by atoms with E-state index >= 15 is 0 Å². The van der Waals surface area contributed by atoms with Gasteiger partial charge in [0, 0.05) is 13.0 Å². The van der Waals surface area contributed by atoms with Gasteiger partial charge in [-0.1, -0.05) is 110 Å². The number of aliphatic hydroxyl groups is 20. The molecule has 36 heteroatoms. The van der Waals surface area contributed by atoms with Gasteiger partial charge in [-0.2, -0.15) is 0 Å². The summed E-state index contributed by atoms with van der Waals surface area (Å²) >= 11 is 0. The van der Waals surface area contributed by atoms with Gasteiger partial charge in [0.15, 0.2) is 44.0 Å². The lowest BCUT2D eigenvalue weighted by atomic mass is 9.95. The highest BCUT2D eigenvalue weighted by Gasteiger charge is 2.60. The zero-order chi connectivity index (χ0) is 71.1. The molecule has 0 radical (unpaired) electrons. The summed E-state index contributed by atoms with van der Waals surface area (Å²) < 4.78 is 81.7. The van der Waals surface area contributed by atoms with Crippen LogP contribution in [0.4, 0.5) is 0 Å². The molecule has 0 spiro atoms. The van der Waals surface area contributed by atoms with E-state index in [2.05, 4.69) is 12.2 Å². The van der Waals surface area contributed by atoms with Crippen LogP contribution in [0.15, 0.2) is 0 Å². The second kappa shape index (κ2) is 39.5. The van der Waals surface area contributed by atoms with Crippen molar-refractivity contribution in [2.45, 2.75) is 337 Å². The van der Waals surface area contributed by atoms with Crippen LogP contribution in [0, 0.1) is 0 Å². The molecule has 21 fully saturated rings. The Kier molecular flexibility index (Phi) is 32.9. The van der Waals surface area contributed by atoms with Crippen molar-refractivity contribution in [3.05, 3.63) is 0 Å². The smallest absolute Gasteiger partial charge is 0.220 e. The van der Waals surface area contributed by atoms with Crippen LogP contribution in [0.1, 0.15) is 122 Å². The number of unbranched alkanes of at least 4 members (excludes halogenated alkanes) is 16. The molecule has 14 bridgehead atoms. The van der Waals surface area contributed by atoms with Crippen molar-refractivity contribution < 1.29 is 173 Å². The number of hydrogen-bond acceptors (Lipinski definition) is 35. The fraction of sp³-hybridized carbons (Fsp3) is 0.984. The van der Waals surface area contributed by atoms with Gasteiger partial charge in [-0.25, -0.2) is 0 Å². The maximum atomic E-state index is 13.5. The third-order valence-electron chi connectivity index (χ3n) is 19.6. The minimum absolute atomic E-state index is 0.0442. The monoisotopic (exact) mass is 1430 g/mol. The van der Waals surface area contributed by atoms with Gasteiger partial charge in [0.05, 0.1) is 39.6 Å². The van der Waals surface area contributed by atoms with Gasteiger partial charge in [-0.15, -0.1) is 0 Å². The second-order valence-corrected chi connectivity index (χ2v) is 26.7. The van der Waals surface area contributed by atoms with Crippen molar-refractivity contribution in [2.24, 2.45) is 0 Å². The molecule has 21 heterocycles. The van der Waals surface area contributed by atoms with E-state index in [1.807, 2.05) is 0 Å². The number of carbonyl (C=O) groups excluding carboxylic acids is 1. The highest BCUT2D eigenvalue weighted by Crippen LogP contribution is 2.39. The largest absolute Gasteiger partial charge is 0.394 e. The number of ether oxygens (including phenoxy) is 14. The first-order valence-corrected chi connectivity index (χ1v) is 34.7. The predicted molar refractivity (Wildman–Crippen MR) is 323 cm³/mol. The molecule has 35 atom stereocenters. The molecule has 36 nitrogen and oxygen atoms in total. The van der Waals surface area contributed by atoms with Gasteiger partial charge in [-0.05, 0) is 6.42 Å². The van der Waals surface area contributed by atoms with Crippen LogP contribution in [-0.4, -0.2) is 369 Å². The fourth-order valence-corrected chi connectivity index (χ4v) is 13.7. The Labute approximate surface area is 566 Å². The normalized spacial score (nSPS) is 46.0. The summed E-state index contributed by atoms with van der Waals surface area (Å²) in [6.45, 7) is -4.63. The molecule has 21 saturated heterocycles. The highest BCUT2D eigenvalue weighted by atomic mass is 16.8. The number of aliphatic hydroxyl groups excluding tert-OH is 20. The quantitative estimate of drug-likeness (QED) is 0.0358. The molecule has 572 valence electrons. The maximum Gasteiger partial charge on any atom is 0.220 e. The van der Waals surface area contributed by atoms with Crippen molar-refractivity contribution in [1.29, 1.82) is 0 Å². The summed E-state index contributed by atoms with van der Waals surface area (Å²) in [5.74, 6) is -0.485. The molecule has 21 aliphatic heterocycles. The number of hydrogen-bond donors (Lipinski definition) is 21. The van der Waals surface area contributed by atoms with Gasteiger partial charge >= 0.3 is 0 Å². The molecule has 21 aliphatic rings. The molecular weight excluding hydrogens is 1320 g/mol. The van der Waals surface area contributed by atoms with Gasteiger partial charge < -0.3 is 174 Å². The van der Waals surface area contributed by atoms with Gasteiger partial charge in [0.25, 0.3) is 0 Å². The summed E-state index contributed by atoms with van der Waals surface area (Å²) in [5, 5.41) is 228. The Morgan fingerprint density at radius 1 is 0.245 bits per heavy atom. The molecule has 0 aliphatic carbocycles. The average molecular weight is 1430 g/mol. The molecule has 98 heavy (non-hydrogen) atoms. The Balaban J connectivity index is 0.995. The first-order chi connectivity index (χ1) is 47.0. The number of rotatable bonds is 26. The Bertz CT molecular complexity index is 2260. The Morgan fingerprint density at radius 3 is 0.612 bits per heavy atom. The predicted octanol–water partition coefficient (Wildman–Crippen LogP) is -8.07. The summed E-state index contributed by atoms with van der Waals surface area (Å²) in [7, 11) is 0. The van der Waals surface area contributed by atoms with Gasteiger partial charge in [0.2, 0.25) is 5.91 Å². The van der Waals surface area contributed by atoms with E-state index in [4.69, 9.17) is 66.3 Å². The lowest BCUT2D eigenvalue weighted by molar-refractivity contribution is -0.396. The fourth-order valence-electron chi connectivity index (χ4n) is 13.7. The molecule has 0 saturated carbocycles. The van der Waals surface area contributed by atoms with E-state index in [-0.39, 0.29) is 6.42 Å². The minimum Gasteiger partial charge on any atom is -0.394 e. The van der Waals surface area contributed by atoms with Crippen LogP contribution < -0.4 is 5.32 Å². The molecular formula is C62H109NO35. The van der Waals surface area contributed by atoms with Crippen molar-refractivity contribution >= 4 is 5.91 Å². The molecule has 0 aromatic heterocycles. The van der Waals surface area contributed by atoms with Crippen LogP contribution in [0.2, 0.25) is 0 Å². The van der Waals surface area contributed by atoms with Crippen LogP contribution in [0.3, 0.4) is 0 Å². The first kappa shape index (κ1) is 81.8. The summed E-state index contributed by atoms with van der Waals surface area (Å²) in [6.07, 6.45) is -51.3. The number of nitrogens with one attached hydrogen (secondary N) is 1. The van der Waals surface area contributed by atoms with Crippen LogP contribution in [0.25, 0.3) is 0 Å². The number of carbonyl (C=O) groups is 1. The van der Waals surface area contributed by atoms with Gasteiger partial charge in [-0.3, -0.25) is 4.79 Å². The standard InChI is InChI=1S/C62H109NO35/c1-2-3-4-5-6-7-8-9-10-11-12-13-14-15-16-17-18-19-34(70)63-20-27-49-35(71)42(78)56(85-27)93-50-28(21-64)87-58(44(80)37(50)73)95-52-30(23-66)89-60(46(82)39(52)75)97-54-32(25-68)91-62(48(84)41(54)77)98-55-33(26-69)90-61(47(83)40(55)76)96-53-31(24-67)88-59(45(81)38(53)74)94-51-29(22-65)86-57(92-49)43(79)36(51)72/h27-33,35-62,64-69,71-84H,2-26H2,1H3,(H,63,70)/t27-,28-,29-,30-,31-,32-,33-,35-,36-,37-,38-,39-,40-,41-,42-,43-,44-,45-,46-,47-,48-,49-,50-,51-,52-,53-,54-,55-,56-,57-,58-,59-,60-,61-,62-/m1/s1. The van der Waals surface area contributed by atoms with Crippen LogP contribution in [-0.2, 0) is 71.1 Å². The molecule has 1 amide bonds. The summed E-state index contributed by atoms with van der Waals surface area (Å²) in [4.78, 5) is 13.5. The van der Waals surface area contributed by atoms with Crippen molar-refractivity contribution in [3.63, 3.8) is 0 Å². The second-order valence-electron chi connectivity index (χ2n) is 26.7. The lowest BCUT2D eigenvalue weighted by Crippen LogP contribution is -2.68. The zero-order valence-electron chi connectivity index (χ0n) is 55.0. The molecule has 0 aromatic carbocycles. The van der Waals surface area contributed by atoms with Crippen molar-refractivity contribution in [3.8, 4) is 0 Å². The summed E-state index contributed by atoms with van der Waals surface area (Å²) in [5.41, 5.74) is 0. The van der Waals surface area contributed by atoms with Crippen molar-refractivity contribution in [1.82, 2.24) is 5.32 Å². The van der Waals surface area contributed by atoms with Gasteiger partial charge in [0.1, 0.15) is 171 Å². The van der Waals surface area contributed by atoms with E-state index in [0.717, 1.165) is 32.1 Å². The van der Waals surface area contributed by atoms with E-state index in [1.54, 1.807) is 0 Å². The van der Waals surface area contributed by atoms with E-state index in [9.17, 15) is 107 Å². The molecule has 0 aromatic rings. The first-order valence-electron chi connectivity index (χ1n) is 34.7. The average Bonchev–Trinajstić information content (AvgIpc) is 0.780. The topological polar surface area (TPSA) is 563 Å². The Morgan fingerprint density at radius 2 is 0.418 bits per heavy atom. The summed E-state index contributed by atoms with van der Waals surface area (Å²) in [6, 6.07) is 0. The molecule has 21 N–H and O–H groups in total. The third kappa shape index (κ3) is 20.0. The van der Waals surface area contributed by atoms with E-state index in [0.29, 0.717) is 6.42 Å². The SMILES string of the molecule is CCCCCCCCCCCCCCCCCCCC(=O)NC[C@H]1O[C@@H]2O[C@H]3[C@H](O)[C@@H](O)[C@@H](O[C@H]4[C@H](O)[C@@H](O)[C@@H](O[C@H]5[C@H](O)[C@@H](O)[C@@H](O[C@H]6[C@H](O)[C@@H](O)[C@@H](O[C@H]7[C@H](O)[C@@H](O)[C@@H](O[C@H]8[C@H](O)[C@@H](O)[C@@H](O[C@H]1[C@H](O)[C@H]2O)O[C@@H]8CO)O[C@@H]7CO)O[C@@H]6CO)O[C@@H]5CO)O[C@@H]4CO)O[C@@H]3CO. The third-order valence-corrected chi connectivity index (χ3v) is 19.6. The van der Waals surface area contributed by atoms with E-state index < -0.39 is 267 Å². The highest BCUT2D eigenvalue weighted by molar-refractivity contribution is 5.75. The minimum atomic E-state index is -2.23. The Hall–Kier alpha value is -1.89. The van der Waals surface area contributed by atoms with Crippen LogP contribution in [0.5, 0.6) is 0 Å². The zero-order valence-corrected chi connectivity index (χ0v) is 55.0. The van der Waals surface area contributed by atoms with E-state index in [1.165, 1.54) is 70.6 Å². The van der Waals surface area contributed by atoms with Crippen molar-refractivity contribution in [2.75, 3.05) is 46.2 Å².